The summed E-state index contributed by atoms with van der Waals surface area (Å²) in [5.41, 5.74) is 6.40. The smallest absolute Gasteiger partial charge is 0.0931 e. The van der Waals surface area contributed by atoms with Gasteiger partial charge in [0.05, 0.1) is 10.4 Å². The molecule has 114 valence electrons. The van der Waals surface area contributed by atoms with Crippen LogP contribution in [0.4, 0.5) is 0 Å². The minimum atomic E-state index is 0.181. The van der Waals surface area contributed by atoms with Crippen molar-refractivity contribution in [1.82, 2.24) is 9.80 Å². The Bertz CT molecular complexity index is 413. The summed E-state index contributed by atoms with van der Waals surface area (Å²) < 4.78 is 0.858. The summed E-state index contributed by atoms with van der Waals surface area (Å²) >= 11 is 7.78. The van der Waals surface area contributed by atoms with Crippen molar-refractivity contribution in [3.05, 3.63) is 21.3 Å². The molecule has 1 fully saturated rings. The van der Waals surface area contributed by atoms with E-state index in [9.17, 15) is 0 Å². The highest BCUT2D eigenvalue weighted by Crippen LogP contribution is 2.34. The highest BCUT2D eigenvalue weighted by Gasteiger charge is 2.30. The van der Waals surface area contributed by atoms with Crippen molar-refractivity contribution in [1.29, 1.82) is 0 Å². The Morgan fingerprint density at radius 1 is 1.40 bits per heavy atom. The van der Waals surface area contributed by atoms with Crippen LogP contribution < -0.4 is 5.73 Å². The first kappa shape index (κ1) is 16.2. The third kappa shape index (κ3) is 3.74. The molecule has 2 N–H and O–H groups in total. The van der Waals surface area contributed by atoms with Crippen molar-refractivity contribution in [2.24, 2.45) is 5.73 Å². The van der Waals surface area contributed by atoms with Crippen LogP contribution in [0.25, 0.3) is 0 Å². The van der Waals surface area contributed by atoms with Crippen LogP contribution in [-0.2, 0) is 0 Å². The van der Waals surface area contributed by atoms with E-state index in [1.807, 2.05) is 6.07 Å². The summed E-state index contributed by atoms with van der Waals surface area (Å²) in [7, 11) is 4.35. The minimum absolute atomic E-state index is 0.181. The van der Waals surface area contributed by atoms with E-state index < -0.39 is 0 Å². The fraction of sp³-hybridized carbons (Fsp3) is 0.733. The molecule has 3 nitrogen and oxygen atoms in total. The lowest BCUT2D eigenvalue weighted by Gasteiger charge is -2.41. The number of nitrogens with zero attached hydrogens (tertiary/aromatic N) is 2. The molecule has 2 heterocycles. The van der Waals surface area contributed by atoms with Gasteiger partial charge < -0.3 is 10.6 Å². The summed E-state index contributed by atoms with van der Waals surface area (Å²) in [4.78, 5) is 6.21. The van der Waals surface area contributed by atoms with Crippen molar-refractivity contribution in [2.75, 3.05) is 27.2 Å². The van der Waals surface area contributed by atoms with Gasteiger partial charge in [0.1, 0.15) is 0 Å². The molecule has 1 aliphatic rings. The first-order valence-corrected chi connectivity index (χ1v) is 8.63. The van der Waals surface area contributed by atoms with E-state index >= 15 is 0 Å². The lowest BCUT2D eigenvalue weighted by Crippen LogP contribution is -2.47. The molecule has 0 spiro atoms. The van der Waals surface area contributed by atoms with Gasteiger partial charge in [-0.3, -0.25) is 4.90 Å². The predicted octanol–water partition coefficient (Wildman–Crippen LogP) is 3.21. The number of piperidine rings is 1. The molecule has 2 rings (SSSR count). The van der Waals surface area contributed by atoms with Crippen molar-refractivity contribution in [3.8, 4) is 0 Å². The van der Waals surface area contributed by atoms with E-state index in [2.05, 4.69) is 36.9 Å². The van der Waals surface area contributed by atoms with Gasteiger partial charge in [-0.15, -0.1) is 11.3 Å². The molecule has 5 heteroatoms. The maximum atomic E-state index is 6.40. The Morgan fingerprint density at radius 3 is 2.50 bits per heavy atom. The lowest BCUT2D eigenvalue weighted by molar-refractivity contribution is 0.0964. The van der Waals surface area contributed by atoms with E-state index in [4.69, 9.17) is 17.3 Å². The van der Waals surface area contributed by atoms with Crippen molar-refractivity contribution >= 4 is 22.9 Å². The molecule has 0 aliphatic carbocycles. The van der Waals surface area contributed by atoms with Crippen molar-refractivity contribution in [2.45, 2.75) is 44.3 Å². The van der Waals surface area contributed by atoms with Crippen LogP contribution in [0.1, 0.15) is 37.1 Å². The normalized spacial score (nSPS) is 21.3. The van der Waals surface area contributed by atoms with Crippen molar-refractivity contribution < 1.29 is 0 Å². The Balaban J connectivity index is 2.09. The maximum Gasteiger partial charge on any atom is 0.0931 e. The summed E-state index contributed by atoms with van der Waals surface area (Å²) in [6.07, 6.45) is 3.44. The molecule has 1 aromatic rings. The van der Waals surface area contributed by atoms with Crippen molar-refractivity contribution in [3.63, 3.8) is 0 Å². The molecular formula is C15H26ClN3S. The molecule has 0 aromatic carbocycles. The largest absolute Gasteiger partial charge is 0.326 e. The molecule has 2 atom stereocenters. The Kier molecular flexibility index (Phi) is 5.87. The third-order valence-corrected chi connectivity index (χ3v) is 5.69. The molecule has 0 saturated carbocycles. The second-order valence-electron chi connectivity index (χ2n) is 5.89. The van der Waals surface area contributed by atoms with Crippen LogP contribution in [0.5, 0.6) is 0 Å². The second kappa shape index (κ2) is 7.23. The summed E-state index contributed by atoms with van der Waals surface area (Å²) in [5, 5.41) is 0. The Labute approximate surface area is 131 Å². The number of rotatable bonds is 5. The van der Waals surface area contributed by atoms with Crippen LogP contribution in [0.15, 0.2) is 12.1 Å². The summed E-state index contributed by atoms with van der Waals surface area (Å²) in [6.45, 7) is 4.41. The van der Waals surface area contributed by atoms with Crippen LogP contribution >= 0.6 is 22.9 Å². The topological polar surface area (TPSA) is 32.5 Å². The first-order valence-electron chi connectivity index (χ1n) is 7.44. The fourth-order valence-electron chi connectivity index (χ4n) is 3.05. The summed E-state index contributed by atoms with van der Waals surface area (Å²) in [6, 6.07) is 5.34. The highest BCUT2D eigenvalue weighted by molar-refractivity contribution is 7.16. The first-order chi connectivity index (χ1) is 9.52. The fourth-order valence-corrected chi connectivity index (χ4v) is 4.32. The summed E-state index contributed by atoms with van der Waals surface area (Å²) in [5.74, 6) is 0. The Hall–Kier alpha value is -0.130. The molecule has 1 saturated heterocycles. The van der Waals surface area contributed by atoms with Gasteiger partial charge in [0.2, 0.25) is 0 Å². The SMILES string of the molecule is CCC(N)C(c1ccc(Cl)s1)N1CCC(N(C)C)CC1. The molecule has 0 amide bonds. The zero-order chi connectivity index (χ0) is 14.7. The molecule has 1 aromatic heterocycles. The Morgan fingerprint density at radius 2 is 2.05 bits per heavy atom. The van der Waals surface area contributed by atoms with E-state index in [0.29, 0.717) is 12.1 Å². The van der Waals surface area contributed by atoms with Crippen LogP contribution in [0, 0.1) is 0 Å². The van der Waals surface area contributed by atoms with Crippen LogP contribution in [0.2, 0.25) is 4.34 Å². The number of halogens is 1. The molecular weight excluding hydrogens is 290 g/mol. The standard InChI is InChI=1S/C15H26ClN3S/c1-4-12(17)15(13-5-6-14(16)20-13)19-9-7-11(8-10-19)18(2)3/h5-6,11-12,15H,4,7-10,17H2,1-3H3. The van der Waals surface area contributed by atoms with E-state index in [0.717, 1.165) is 23.8 Å². The van der Waals surface area contributed by atoms with E-state index in [1.165, 1.54) is 17.7 Å². The zero-order valence-corrected chi connectivity index (χ0v) is 14.3. The monoisotopic (exact) mass is 315 g/mol. The number of likely N-dealkylation sites (tertiary alicyclic amines) is 1. The predicted molar refractivity (Wildman–Crippen MR) is 88.6 cm³/mol. The molecule has 20 heavy (non-hydrogen) atoms. The van der Waals surface area contributed by atoms with E-state index in [1.54, 1.807) is 11.3 Å². The number of thiophene rings is 1. The minimum Gasteiger partial charge on any atom is -0.326 e. The number of nitrogens with two attached hydrogens (primary N) is 1. The van der Waals surface area contributed by atoms with E-state index in [-0.39, 0.29) is 6.04 Å². The number of hydrogen-bond acceptors (Lipinski definition) is 4. The van der Waals surface area contributed by atoms with Gasteiger partial charge >= 0.3 is 0 Å². The van der Waals surface area contributed by atoms with Gasteiger partial charge in [0, 0.05) is 30.1 Å². The zero-order valence-electron chi connectivity index (χ0n) is 12.7. The molecule has 2 unspecified atom stereocenters. The molecule has 0 bridgehead atoms. The number of hydrogen-bond donors (Lipinski definition) is 1. The van der Waals surface area contributed by atoms with Crippen LogP contribution in [0.3, 0.4) is 0 Å². The average Bonchev–Trinajstić information content (AvgIpc) is 2.85. The lowest BCUT2D eigenvalue weighted by atomic mass is 9.97. The highest BCUT2D eigenvalue weighted by atomic mass is 35.5. The second-order valence-corrected chi connectivity index (χ2v) is 7.64. The van der Waals surface area contributed by atoms with Gasteiger partial charge in [-0.25, -0.2) is 0 Å². The average molecular weight is 316 g/mol. The van der Waals surface area contributed by atoms with Gasteiger partial charge in [-0.2, -0.15) is 0 Å². The van der Waals surface area contributed by atoms with Gasteiger partial charge in [-0.1, -0.05) is 18.5 Å². The quantitative estimate of drug-likeness (QED) is 0.905. The molecule has 1 aliphatic heterocycles. The van der Waals surface area contributed by atoms with Gasteiger partial charge in [0.15, 0.2) is 0 Å². The van der Waals surface area contributed by atoms with Gasteiger partial charge in [0.25, 0.3) is 0 Å². The third-order valence-electron chi connectivity index (χ3n) is 4.39. The maximum absolute atomic E-state index is 6.40. The van der Waals surface area contributed by atoms with Crippen LogP contribution in [-0.4, -0.2) is 49.1 Å². The molecule has 0 radical (unpaired) electrons. The van der Waals surface area contributed by atoms with Gasteiger partial charge in [-0.05, 0) is 45.5 Å².